The molecule has 1 N–H and O–H groups in total. The monoisotopic (exact) mass is 217 g/mol. The van der Waals surface area contributed by atoms with Crippen molar-refractivity contribution in [3.05, 3.63) is 46.2 Å². The molecule has 0 aliphatic heterocycles. The van der Waals surface area contributed by atoms with Crippen molar-refractivity contribution in [3.63, 3.8) is 0 Å². The first-order valence-corrected chi connectivity index (χ1v) is 4.91. The molecule has 2 rings (SSSR count). The van der Waals surface area contributed by atoms with Gasteiger partial charge >= 0.3 is 5.97 Å². The van der Waals surface area contributed by atoms with E-state index in [-0.39, 0.29) is 18.1 Å². The molecule has 0 spiro atoms. The smallest absolute Gasteiger partial charge is 0.302 e. The van der Waals surface area contributed by atoms with Crippen LogP contribution in [0.25, 0.3) is 10.9 Å². The van der Waals surface area contributed by atoms with Crippen LogP contribution in [0.3, 0.4) is 0 Å². The van der Waals surface area contributed by atoms with Crippen molar-refractivity contribution in [3.8, 4) is 0 Å². The van der Waals surface area contributed by atoms with Crippen molar-refractivity contribution in [2.45, 2.75) is 13.5 Å². The van der Waals surface area contributed by atoms with Crippen LogP contribution in [-0.2, 0) is 16.1 Å². The molecule has 4 nitrogen and oxygen atoms in total. The maximum Gasteiger partial charge on any atom is 0.302 e. The molecule has 0 amide bonds. The van der Waals surface area contributed by atoms with Crippen molar-refractivity contribution in [1.29, 1.82) is 0 Å². The van der Waals surface area contributed by atoms with Crippen LogP contribution >= 0.6 is 0 Å². The Bertz CT molecular complexity index is 586. The topological polar surface area (TPSA) is 59.2 Å². The summed E-state index contributed by atoms with van der Waals surface area (Å²) < 4.78 is 4.90. The van der Waals surface area contributed by atoms with E-state index in [1.807, 2.05) is 24.3 Å². The average Bonchev–Trinajstić information content (AvgIpc) is 2.25. The number of ether oxygens (including phenoxy) is 1. The number of pyridine rings is 1. The van der Waals surface area contributed by atoms with Crippen molar-refractivity contribution >= 4 is 16.9 Å². The van der Waals surface area contributed by atoms with Gasteiger partial charge in [-0.15, -0.1) is 0 Å². The first-order chi connectivity index (χ1) is 7.66. The molecule has 0 saturated heterocycles. The number of aromatic amines is 1. The van der Waals surface area contributed by atoms with Gasteiger partial charge in [0.2, 0.25) is 5.56 Å². The van der Waals surface area contributed by atoms with E-state index in [1.165, 1.54) is 13.0 Å². The van der Waals surface area contributed by atoms with Gasteiger partial charge in [-0.3, -0.25) is 9.59 Å². The minimum Gasteiger partial charge on any atom is -0.461 e. The highest BCUT2D eigenvalue weighted by atomic mass is 16.5. The summed E-state index contributed by atoms with van der Waals surface area (Å²) in [5.74, 6) is -0.357. The van der Waals surface area contributed by atoms with Gasteiger partial charge in [-0.1, -0.05) is 18.2 Å². The lowest BCUT2D eigenvalue weighted by molar-refractivity contribution is -0.142. The van der Waals surface area contributed by atoms with E-state index in [1.54, 1.807) is 0 Å². The third-order valence-electron chi connectivity index (χ3n) is 2.27. The first kappa shape index (κ1) is 10.4. The van der Waals surface area contributed by atoms with Gasteiger partial charge in [-0.05, 0) is 6.07 Å². The van der Waals surface area contributed by atoms with Gasteiger partial charge < -0.3 is 9.72 Å². The number of para-hydroxylation sites is 1. The van der Waals surface area contributed by atoms with Crippen molar-refractivity contribution in [1.82, 2.24) is 4.98 Å². The van der Waals surface area contributed by atoms with Crippen LogP contribution in [0.2, 0.25) is 0 Å². The first-order valence-electron chi connectivity index (χ1n) is 4.91. The quantitative estimate of drug-likeness (QED) is 0.777. The lowest BCUT2D eigenvalue weighted by atomic mass is 10.1. The second-order valence-electron chi connectivity index (χ2n) is 3.48. The molecule has 4 heteroatoms. The second kappa shape index (κ2) is 4.18. The predicted molar refractivity (Wildman–Crippen MR) is 60.0 cm³/mol. The minimum atomic E-state index is -0.357. The number of rotatable bonds is 2. The lowest BCUT2D eigenvalue weighted by Gasteiger charge is -2.05. The van der Waals surface area contributed by atoms with Crippen LogP contribution in [-0.4, -0.2) is 11.0 Å². The number of H-pyrrole nitrogens is 1. The molecule has 0 bridgehead atoms. The fourth-order valence-electron chi connectivity index (χ4n) is 1.58. The standard InChI is InChI=1S/C12H11NO3/c1-8(14)16-7-9-6-12(15)13-11-5-3-2-4-10(9)11/h2-6H,7H2,1H3,(H,13,15). The van der Waals surface area contributed by atoms with Crippen LogP contribution in [0.5, 0.6) is 0 Å². The summed E-state index contributed by atoms with van der Waals surface area (Å²) in [6.07, 6.45) is 0. The van der Waals surface area contributed by atoms with Crippen molar-refractivity contribution < 1.29 is 9.53 Å². The summed E-state index contributed by atoms with van der Waals surface area (Å²) >= 11 is 0. The molecule has 0 aliphatic carbocycles. The predicted octanol–water partition coefficient (Wildman–Crippen LogP) is 1.59. The summed E-state index contributed by atoms with van der Waals surface area (Å²) in [5.41, 5.74) is 1.27. The molecule has 1 aromatic carbocycles. The second-order valence-corrected chi connectivity index (χ2v) is 3.48. The number of hydrogen-bond donors (Lipinski definition) is 1. The molecule has 0 atom stereocenters. The number of nitrogens with one attached hydrogen (secondary N) is 1. The Morgan fingerprint density at radius 3 is 2.88 bits per heavy atom. The molecule has 0 aliphatic rings. The maximum absolute atomic E-state index is 11.4. The Balaban J connectivity index is 2.50. The number of fused-ring (bicyclic) bond motifs is 1. The summed E-state index contributed by atoms with van der Waals surface area (Å²) in [6.45, 7) is 1.47. The Hall–Kier alpha value is -2.10. The normalized spacial score (nSPS) is 10.3. The number of hydrogen-bond acceptors (Lipinski definition) is 3. The van der Waals surface area contributed by atoms with E-state index in [4.69, 9.17) is 4.74 Å². The molecule has 0 saturated carbocycles. The van der Waals surface area contributed by atoms with Crippen LogP contribution in [0, 0.1) is 0 Å². The fraction of sp³-hybridized carbons (Fsp3) is 0.167. The zero-order valence-electron chi connectivity index (χ0n) is 8.82. The van der Waals surface area contributed by atoms with Crippen LogP contribution in [0.1, 0.15) is 12.5 Å². The fourth-order valence-corrected chi connectivity index (χ4v) is 1.58. The van der Waals surface area contributed by atoms with Crippen molar-refractivity contribution in [2.24, 2.45) is 0 Å². The van der Waals surface area contributed by atoms with Gasteiger partial charge in [0.1, 0.15) is 6.61 Å². The van der Waals surface area contributed by atoms with E-state index in [2.05, 4.69) is 4.98 Å². The highest BCUT2D eigenvalue weighted by Crippen LogP contribution is 2.15. The molecule has 0 unspecified atom stereocenters. The average molecular weight is 217 g/mol. The number of esters is 1. The number of benzene rings is 1. The Morgan fingerprint density at radius 1 is 1.38 bits per heavy atom. The number of carbonyl (C=O) groups is 1. The van der Waals surface area contributed by atoms with Gasteiger partial charge in [0.15, 0.2) is 0 Å². The van der Waals surface area contributed by atoms with Gasteiger partial charge in [0.05, 0.1) is 0 Å². The Labute approximate surface area is 91.9 Å². The van der Waals surface area contributed by atoms with E-state index in [0.717, 1.165) is 16.5 Å². The molecule has 2 aromatic rings. The molecule has 0 radical (unpaired) electrons. The largest absolute Gasteiger partial charge is 0.461 e. The molecule has 82 valence electrons. The number of carbonyl (C=O) groups excluding carboxylic acids is 1. The van der Waals surface area contributed by atoms with E-state index in [0.29, 0.717) is 0 Å². The highest BCUT2D eigenvalue weighted by molar-refractivity contribution is 5.81. The van der Waals surface area contributed by atoms with Crippen LogP contribution in [0.4, 0.5) is 0 Å². The van der Waals surface area contributed by atoms with Crippen molar-refractivity contribution in [2.75, 3.05) is 0 Å². The Morgan fingerprint density at radius 2 is 2.12 bits per heavy atom. The third kappa shape index (κ3) is 2.11. The van der Waals surface area contributed by atoms with Gasteiger partial charge in [0, 0.05) is 29.5 Å². The molecule has 0 fully saturated rings. The van der Waals surface area contributed by atoms with E-state index in [9.17, 15) is 9.59 Å². The third-order valence-corrected chi connectivity index (χ3v) is 2.27. The van der Waals surface area contributed by atoms with Crippen LogP contribution < -0.4 is 5.56 Å². The summed E-state index contributed by atoms with van der Waals surface area (Å²) in [6, 6.07) is 8.86. The zero-order chi connectivity index (χ0) is 11.5. The van der Waals surface area contributed by atoms with E-state index < -0.39 is 0 Å². The van der Waals surface area contributed by atoms with Gasteiger partial charge in [-0.2, -0.15) is 0 Å². The van der Waals surface area contributed by atoms with Gasteiger partial charge in [0.25, 0.3) is 0 Å². The van der Waals surface area contributed by atoms with Gasteiger partial charge in [-0.25, -0.2) is 0 Å². The Kier molecular flexibility index (Phi) is 2.72. The molecule has 1 aromatic heterocycles. The molecular weight excluding hydrogens is 206 g/mol. The van der Waals surface area contributed by atoms with E-state index >= 15 is 0 Å². The minimum absolute atomic E-state index is 0.125. The molecule has 1 heterocycles. The maximum atomic E-state index is 11.4. The highest BCUT2D eigenvalue weighted by Gasteiger charge is 2.04. The SMILES string of the molecule is CC(=O)OCc1cc(=O)[nH]c2ccccc12. The molecule has 16 heavy (non-hydrogen) atoms. The summed E-state index contributed by atoms with van der Waals surface area (Å²) in [4.78, 5) is 24.8. The summed E-state index contributed by atoms with van der Waals surface area (Å²) in [7, 11) is 0. The summed E-state index contributed by atoms with van der Waals surface area (Å²) in [5, 5.41) is 0.892. The lowest BCUT2D eigenvalue weighted by Crippen LogP contribution is -2.08. The number of aromatic nitrogens is 1. The zero-order valence-corrected chi connectivity index (χ0v) is 8.82. The molecular formula is C12H11NO3. The van der Waals surface area contributed by atoms with Crippen LogP contribution in [0.15, 0.2) is 35.1 Å².